The Morgan fingerprint density at radius 2 is 2.00 bits per heavy atom. The Labute approximate surface area is 138 Å². The lowest BCUT2D eigenvalue weighted by molar-refractivity contribution is 0.169. The lowest BCUT2D eigenvalue weighted by atomic mass is 10.0. The second kappa shape index (κ2) is 6.10. The number of fused-ring (bicyclic) bond motifs is 1. The number of hydrogen-bond donors (Lipinski definition) is 2. The average molecular weight is 330 g/mol. The summed E-state index contributed by atoms with van der Waals surface area (Å²) in [6, 6.07) is 5.21. The largest absolute Gasteiger partial charge is 0.387 e. The summed E-state index contributed by atoms with van der Waals surface area (Å²) in [7, 11) is 0. The zero-order valence-electron chi connectivity index (χ0n) is 12.8. The highest BCUT2D eigenvalue weighted by Gasteiger charge is 2.13. The maximum absolute atomic E-state index is 12.4. The van der Waals surface area contributed by atoms with E-state index in [1.54, 1.807) is 24.5 Å². The van der Waals surface area contributed by atoms with Gasteiger partial charge in [-0.1, -0.05) is 18.5 Å². The van der Waals surface area contributed by atoms with E-state index >= 15 is 0 Å². The monoisotopic (exact) mass is 329 g/mol. The highest BCUT2D eigenvalue weighted by Crippen LogP contribution is 2.25. The Hall–Kier alpha value is -2.24. The maximum atomic E-state index is 12.4. The minimum Gasteiger partial charge on any atom is -0.387 e. The van der Waals surface area contributed by atoms with Crippen LogP contribution in [0.2, 0.25) is 5.15 Å². The molecule has 2 N–H and O–H groups in total. The normalized spacial score (nSPS) is 12.5. The Morgan fingerprint density at radius 3 is 2.70 bits per heavy atom. The van der Waals surface area contributed by atoms with Gasteiger partial charge in [0, 0.05) is 28.9 Å². The van der Waals surface area contributed by atoms with Crippen molar-refractivity contribution in [3.05, 3.63) is 57.4 Å². The Kier molecular flexibility index (Phi) is 4.15. The van der Waals surface area contributed by atoms with Crippen LogP contribution >= 0.6 is 11.6 Å². The van der Waals surface area contributed by atoms with Crippen molar-refractivity contribution in [1.82, 2.24) is 15.0 Å². The van der Waals surface area contributed by atoms with Gasteiger partial charge in [0.2, 0.25) is 0 Å². The van der Waals surface area contributed by atoms with Crippen LogP contribution in [0, 0.1) is 6.92 Å². The number of halogens is 1. The van der Waals surface area contributed by atoms with Crippen molar-refractivity contribution in [3.63, 3.8) is 0 Å². The quantitative estimate of drug-likeness (QED) is 0.722. The number of aromatic amines is 1. The molecule has 3 aromatic heterocycles. The minimum absolute atomic E-state index is 0.214. The number of aliphatic hydroxyl groups excluding tert-OH is 1. The zero-order chi connectivity index (χ0) is 16.6. The number of hydrogen-bond acceptors (Lipinski definition) is 4. The van der Waals surface area contributed by atoms with E-state index in [4.69, 9.17) is 11.6 Å². The fourth-order valence-corrected chi connectivity index (χ4v) is 2.68. The topological polar surface area (TPSA) is 78.9 Å². The van der Waals surface area contributed by atoms with E-state index in [-0.39, 0.29) is 5.56 Å². The van der Waals surface area contributed by atoms with Crippen LogP contribution < -0.4 is 5.56 Å². The molecule has 0 aromatic carbocycles. The molecule has 3 rings (SSSR count). The zero-order valence-corrected chi connectivity index (χ0v) is 13.6. The molecule has 0 aliphatic heterocycles. The molecule has 0 saturated carbocycles. The van der Waals surface area contributed by atoms with E-state index < -0.39 is 6.10 Å². The predicted molar refractivity (Wildman–Crippen MR) is 90.6 cm³/mol. The fraction of sp³-hybridized carbons (Fsp3) is 0.235. The Bertz CT molecular complexity index is 937. The van der Waals surface area contributed by atoms with Gasteiger partial charge in [0.15, 0.2) is 0 Å². The van der Waals surface area contributed by atoms with E-state index in [2.05, 4.69) is 15.0 Å². The molecular weight excluding hydrogens is 314 g/mol. The molecule has 0 spiro atoms. The number of aromatic nitrogens is 3. The van der Waals surface area contributed by atoms with Gasteiger partial charge in [-0.25, -0.2) is 4.98 Å². The maximum Gasteiger partial charge on any atom is 0.256 e. The first kappa shape index (κ1) is 15.6. The molecule has 3 aromatic rings. The van der Waals surface area contributed by atoms with E-state index in [0.717, 1.165) is 16.5 Å². The molecule has 0 amide bonds. The average Bonchev–Trinajstić information content (AvgIpc) is 2.53. The van der Waals surface area contributed by atoms with E-state index in [0.29, 0.717) is 28.3 Å². The molecule has 0 saturated heterocycles. The van der Waals surface area contributed by atoms with Crippen molar-refractivity contribution in [3.8, 4) is 11.1 Å². The smallest absolute Gasteiger partial charge is 0.256 e. The molecule has 5 nitrogen and oxygen atoms in total. The van der Waals surface area contributed by atoms with Crippen LogP contribution in [0.25, 0.3) is 22.0 Å². The number of nitrogens with zero attached hydrogens (tertiary/aromatic N) is 2. The summed E-state index contributed by atoms with van der Waals surface area (Å²) >= 11 is 5.85. The molecule has 0 aliphatic rings. The molecule has 1 atom stereocenters. The van der Waals surface area contributed by atoms with Crippen LogP contribution in [0.4, 0.5) is 0 Å². The van der Waals surface area contributed by atoms with E-state index in [1.165, 1.54) is 0 Å². The lowest BCUT2D eigenvalue weighted by Gasteiger charge is -2.11. The van der Waals surface area contributed by atoms with Gasteiger partial charge in [0.1, 0.15) is 5.15 Å². The van der Waals surface area contributed by atoms with Crippen molar-refractivity contribution >= 4 is 22.5 Å². The third-order valence-electron chi connectivity index (χ3n) is 3.84. The van der Waals surface area contributed by atoms with Crippen LogP contribution in [0.1, 0.15) is 30.7 Å². The standard InChI is InChI=1S/C17H16ClN3O2/c1-3-15(22)14-4-9(2)12(8-19-14)11-5-10-7-20-16(18)6-13(10)21-17(11)23/h4-8,15,22H,3H2,1-2H3,(H,21,23). The number of pyridine rings is 3. The molecule has 118 valence electrons. The van der Waals surface area contributed by atoms with Gasteiger partial charge < -0.3 is 10.1 Å². The van der Waals surface area contributed by atoms with Crippen LogP contribution in [-0.4, -0.2) is 20.1 Å². The molecule has 0 fully saturated rings. The molecule has 1 unspecified atom stereocenters. The summed E-state index contributed by atoms with van der Waals surface area (Å²) in [4.78, 5) is 23.5. The molecule has 0 bridgehead atoms. The Balaban J connectivity index is 2.15. The molecule has 23 heavy (non-hydrogen) atoms. The van der Waals surface area contributed by atoms with Crippen LogP contribution in [-0.2, 0) is 0 Å². The molecule has 0 aliphatic carbocycles. The lowest BCUT2D eigenvalue weighted by Crippen LogP contribution is -2.10. The van der Waals surface area contributed by atoms with E-state index in [1.807, 2.05) is 19.9 Å². The third-order valence-corrected chi connectivity index (χ3v) is 4.05. The van der Waals surface area contributed by atoms with Gasteiger partial charge in [0.25, 0.3) is 5.56 Å². The summed E-state index contributed by atoms with van der Waals surface area (Å²) in [6.07, 6.45) is 3.25. The summed E-state index contributed by atoms with van der Waals surface area (Å²) in [5.41, 5.74) is 3.17. The van der Waals surface area contributed by atoms with Gasteiger partial charge in [-0.2, -0.15) is 0 Å². The van der Waals surface area contributed by atoms with E-state index in [9.17, 15) is 9.90 Å². The van der Waals surface area contributed by atoms with Gasteiger partial charge >= 0.3 is 0 Å². The highest BCUT2D eigenvalue weighted by molar-refractivity contribution is 6.30. The summed E-state index contributed by atoms with van der Waals surface area (Å²) < 4.78 is 0. The molecule has 6 heteroatoms. The SMILES string of the molecule is CCC(O)c1cc(C)c(-c2cc3cnc(Cl)cc3[nH]c2=O)cn1. The molecular formula is C17H16ClN3O2. The number of H-pyrrole nitrogens is 1. The van der Waals surface area contributed by atoms with Crippen molar-refractivity contribution in [2.24, 2.45) is 0 Å². The second-order valence-electron chi connectivity index (χ2n) is 5.45. The van der Waals surface area contributed by atoms with Gasteiger partial charge in [0.05, 0.1) is 17.3 Å². The minimum atomic E-state index is -0.594. The molecule has 3 heterocycles. The van der Waals surface area contributed by atoms with Crippen LogP contribution in [0.15, 0.2) is 35.4 Å². The van der Waals surface area contributed by atoms with Crippen molar-refractivity contribution in [1.29, 1.82) is 0 Å². The number of nitrogens with one attached hydrogen (secondary N) is 1. The first-order valence-corrected chi connectivity index (χ1v) is 7.71. The first-order valence-electron chi connectivity index (χ1n) is 7.33. The first-order chi connectivity index (χ1) is 11.0. The van der Waals surface area contributed by atoms with Crippen molar-refractivity contribution in [2.45, 2.75) is 26.4 Å². The van der Waals surface area contributed by atoms with Gasteiger partial charge in [-0.05, 0) is 37.1 Å². The van der Waals surface area contributed by atoms with Gasteiger partial charge in [-0.15, -0.1) is 0 Å². The van der Waals surface area contributed by atoms with Crippen LogP contribution in [0.3, 0.4) is 0 Å². The summed E-state index contributed by atoms with van der Waals surface area (Å²) in [6.45, 7) is 3.79. The number of aliphatic hydroxyl groups is 1. The fourth-order valence-electron chi connectivity index (χ4n) is 2.53. The van der Waals surface area contributed by atoms with Crippen molar-refractivity contribution in [2.75, 3.05) is 0 Å². The van der Waals surface area contributed by atoms with Crippen LogP contribution in [0.5, 0.6) is 0 Å². The summed E-state index contributed by atoms with van der Waals surface area (Å²) in [5.74, 6) is 0. The van der Waals surface area contributed by atoms with Crippen molar-refractivity contribution < 1.29 is 5.11 Å². The Morgan fingerprint density at radius 1 is 1.22 bits per heavy atom. The number of aryl methyl sites for hydroxylation is 1. The second-order valence-corrected chi connectivity index (χ2v) is 5.84. The van der Waals surface area contributed by atoms with Gasteiger partial charge in [-0.3, -0.25) is 9.78 Å². The molecule has 0 radical (unpaired) electrons. The number of rotatable bonds is 3. The predicted octanol–water partition coefficient (Wildman–Crippen LogP) is 3.39. The highest BCUT2D eigenvalue weighted by atomic mass is 35.5. The summed E-state index contributed by atoms with van der Waals surface area (Å²) in [5, 5.41) is 11.0. The third kappa shape index (κ3) is 2.98.